The van der Waals surface area contributed by atoms with Gasteiger partial charge in [-0.2, -0.15) is 0 Å². The third kappa shape index (κ3) is 4.35. The minimum Gasteiger partial charge on any atom is -0.495 e. The van der Waals surface area contributed by atoms with Crippen LogP contribution >= 0.6 is 0 Å². The molecule has 1 aliphatic heterocycles. The van der Waals surface area contributed by atoms with E-state index in [1.165, 1.54) is 5.56 Å². The Kier molecular flexibility index (Phi) is 6.12. The highest BCUT2D eigenvalue weighted by Crippen LogP contribution is 2.28. The van der Waals surface area contributed by atoms with Gasteiger partial charge in [0.25, 0.3) is 5.91 Å². The van der Waals surface area contributed by atoms with Crippen LogP contribution in [0.25, 0.3) is 0 Å². The number of methoxy groups -OCH3 is 1. The molecule has 5 nitrogen and oxygen atoms in total. The van der Waals surface area contributed by atoms with Gasteiger partial charge < -0.3 is 19.9 Å². The van der Waals surface area contributed by atoms with E-state index in [2.05, 4.69) is 35.3 Å². The number of carbonyl (C=O) groups is 1. The Bertz CT molecular complexity index is 712. The number of carbonyl (C=O) groups excluding carboxylic acids is 1. The SMILES string of the molecule is COc1ccccc1N1CCN(C(=O)C[NH2+][C@@H](C)c2ccccc2)CC1. The van der Waals surface area contributed by atoms with Crippen molar-refractivity contribution in [2.24, 2.45) is 0 Å². The van der Waals surface area contributed by atoms with Gasteiger partial charge in [-0.25, -0.2) is 0 Å². The molecule has 1 amide bonds. The number of anilines is 1. The highest BCUT2D eigenvalue weighted by Gasteiger charge is 2.24. The molecule has 138 valence electrons. The second-order valence-electron chi connectivity index (χ2n) is 6.68. The third-order valence-electron chi connectivity index (χ3n) is 5.03. The fourth-order valence-corrected chi connectivity index (χ4v) is 3.39. The van der Waals surface area contributed by atoms with Crippen LogP contribution in [0, 0.1) is 0 Å². The van der Waals surface area contributed by atoms with Crippen LogP contribution in [0.4, 0.5) is 5.69 Å². The van der Waals surface area contributed by atoms with E-state index in [1.807, 2.05) is 41.3 Å². The number of hydrogen-bond donors (Lipinski definition) is 1. The lowest BCUT2D eigenvalue weighted by Gasteiger charge is -2.36. The maximum atomic E-state index is 12.6. The monoisotopic (exact) mass is 354 g/mol. The summed E-state index contributed by atoms with van der Waals surface area (Å²) in [4.78, 5) is 16.8. The van der Waals surface area contributed by atoms with E-state index in [0.29, 0.717) is 6.54 Å². The molecule has 2 aromatic carbocycles. The molecule has 0 aliphatic carbocycles. The van der Waals surface area contributed by atoms with E-state index >= 15 is 0 Å². The first-order valence-electron chi connectivity index (χ1n) is 9.23. The zero-order valence-corrected chi connectivity index (χ0v) is 15.6. The largest absolute Gasteiger partial charge is 0.495 e. The van der Waals surface area contributed by atoms with Crippen molar-refractivity contribution in [2.75, 3.05) is 44.7 Å². The van der Waals surface area contributed by atoms with Crippen molar-refractivity contribution in [3.05, 3.63) is 60.2 Å². The number of amides is 1. The molecule has 0 unspecified atom stereocenters. The molecule has 1 fully saturated rings. The van der Waals surface area contributed by atoms with Crippen LogP contribution in [0.1, 0.15) is 18.5 Å². The summed E-state index contributed by atoms with van der Waals surface area (Å²) >= 11 is 0. The summed E-state index contributed by atoms with van der Waals surface area (Å²) in [5.74, 6) is 1.10. The molecule has 0 saturated carbocycles. The average Bonchev–Trinajstić information content (AvgIpc) is 2.72. The van der Waals surface area contributed by atoms with Gasteiger partial charge in [-0.15, -0.1) is 0 Å². The first-order chi connectivity index (χ1) is 12.7. The average molecular weight is 354 g/mol. The first kappa shape index (κ1) is 18.3. The van der Waals surface area contributed by atoms with E-state index in [-0.39, 0.29) is 11.9 Å². The zero-order valence-electron chi connectivity index (χ0n) is 15.6. The van der Waals surface area contributed by atoms with Gasteiger partial charge in [0.05, 0.1) is 12.8 Å². The summed E-state index contributed by atoms with van der Waals surface area (Å²) in [6.07, 6.45) is 0. The van der Waals surface area contributed by atoms with Gasteiger partial charge >= 0.3 is 0 Å². The van der Waals surface area contributed by atoms with E-state index in [4.69, 9.17) is 4.74 Å². The molecule has 1 aliphatic rings. The van der Waals surface area contributed by atoms with Crippen molar-refractivity contribution in [3.63, 3.8) is 0 Å². The van der Waals surface area contributed by atoms with Gasteiger partial charge in [0, 0.05) is 31.7 Å². The first-order valence-corrected chi connectivity index (χ1v) is 9.23. The summed E-state index contributed by atoms with van der Waals surface area (Å²) in [7, 11) is 1.70. The van der Waals surface area contributed by atoms with Crippen LogP contribution in [-0.4, -0.2) is 50.6 Å². The van der Waals surface area contributed by atoms with E-state index in [0.717, 1.165) is 37.6 Å². The minimum absolute atomic E-state index is 0.215. The molecule has 0 bridgehead atoms. The van der Waals surface area contributed by atoms with E-state index < -0.39 is 0 Å². The fraction of sp³-hybridized carbons (Fsp3) is 0.381. The molecule has 1 atom stereocenters. The zero-order chi connectivity index (χ0) is 18.4. The van der Waals surface area contributed by atoms with E-state index in [9.17, 15) is 4.79 Å². The maximum absolute atomic E-state index is 12.6. The fourth-order valence-electron chi connectivity index (χ4n) is 3.39. The lowest BCUT2D eigenvalue weighted by molar-refractivity contribution is -0.683. The number of hydrogen-bond acceptors (Lipinski definition) is 3. The van der Waals surface area contributed by atoms with E-state index in [1.54, 1.807) is 7.11 Å². The predicted octanol–water partition coefficient (Wildman–Crippen LogP) is 1.67. The quantitative estimate of drug-likeness (QED) is 0.858. The van der Waals surface area contributed by atoms with Crippen LogP contribution in [0.3, 0.4) is 0 Å². The molecule has 3 rings (SSSR count). The second kappa shape index (κ2) is 8.72. The number of nitrogens with zero attached hydrogens (tertiary/aromatic N) is 2. The number of ether oxygens (including phenoxy) is 1. The Morgan fingerprint density at radius 1 is 1.04 bits per heavy atom. The van der Waals surface area contributed by atoms with Gasteiger partial charge in [-0.1, -0.05) is 42.5 Å². The van der Waals surface area contributed by atoms with Crippen LogP contribution in [0.2, 0.25) is 0 Å². The van der Waals surface area contributed by atoms with Crippen molar-refractivity contribution in [3.8, 4) is 5.75 Å². The van der Waals surface area contributed by atoms with Crippen molar-refractivity contribution in [1.82, 2.24) is 4.90 Å². The number of rotatable bonds is 6. The van der Waals surface area contributed by atoms with Crippen molar-refractivity contribution in [2.45, 2.75) is 13.0 Å². The molecule has 0 aromatic heterocycles. The number of quaternary nitrogens is 1. The summed E-state index contributed by atoms with van der Waals surface area (Å²) in [5.41, 5.74) is 2.35. The Balaban J connectivity index is 1.49. The van der Waals surface area contributed by atoms with Gasteiger partial charge in [-0.3, -0.25) is 4.79 Å². The van der Waals surface area contributed by atoms with Crippen LogP contribution in [0.5, 0.6) is 5.75 Å². The van der Waals surface area contributed by atoms with Gasteiger partial charge in [0.1, 0.15) is 11.8 Å². The Morgan fingerprint density at radius 2 is 1.69 bits per heavy atom. The number of benzene rings is 2. The molecule has 2 N–H and O–H groups in total. The summed E-state index contributed by atoms with van der Waals surface area (Å²) in [6, 6.07) is 18.7. The molecule has 2 aromatic rings. The standard InChI is InChI=1S/C21H27N3O2/c1-17(18-8-4-3-5-9-18)22-16-21(25)24-14-12-23(13-15-24)19-10-6-7-11-20(19)26-2/h3-11,17,22H,12-16H2,1-2H3/p+1/t17-/m0/s1. The van der Waals surface area contributed by atoms with Crippen molar-refractivity contribution >= 4 is 11.6 Å². The Morgan fingerprint density at radius 3 is 2.38 bits per heavy atom. The lowest BCUT2D eigenvalue weighted by atomic mass is 10.1. The van der Waals surface area contributed by atoms with Crippen molar-refractivity contribution in [1.29, 1.82) is 0 Å². The summed E-state index contributed by atoms with van der Waals surface area (Å²) < 4.78 is 5.45. The smallest absolute Gasteiger partial charge is 0.277 e. The highest BCUT2D eigenvalue weighted by atomic mass is 16.5. The molecular formula is C21H28N3O2+. The molecule has 5 heteroatoms. The molecule has 0 radical (unpaired) electrons. The maximum Gasteiger partial charge on any atom is 0.277 e. The number of nitrogens with two attached hydrogens (primary N) is 1. The third-order valence-corrected chi connectivity index (χ3v) is 5.03. The number of piperazine rings is 1. The Hall–Kier alpha value is -2.53. The molecule has 0 spiro atoms. The molecule has 26 heavy (non-hydrogen) atoms. The molecule has 1 heterocycles. The Labute approximate surface area is 155 Å². The molecular weight excluding hydrogens is 326 g/mol. The topological polar surface area (TPSA) is 49.4 Å². The van der Waals surface area contributed by atoms with Crippen LogP contribution < -0.4 is 15.0 Å². The minimum atomic E-state index is 0.215. The van der Waals surface area contributed by atoms with Gasteiger partial charge in [0.15, 0.2) is 6.54 Å². The molecule has 1 saturated heterocycles. The van der Waals surface area contributed by atoms with Crippen LogP contribution in [0.15, 0.2) is 54.6 Å². The van der Waals surface area contributed by atoms with Crippen molar-refractivity contribution < 1.29 is 14.8 Å². The summed E-state index contributed by atoms with van der Waals surface area (Å²) in [6.45, 7) is 5.81. The second-order valence-corrected chi connectivity index (χ2v) is 6.68. The number of para-hydroxylation sites is 2. The highest BCUT2D eigenvalue weighted by molar-refractivity contribution is 5.77. The summed E-state index contributed by atoms with van der Waals surface area (Å²) in [5, 5.41) is 2.12. The van der Waals surface area contributed by atoms with Gasteiger partial charge in [0.2, 0.25) is 0 Å². The van der Waals surface area contributed by atoms with Crippen LogP contribution in [-0.2, 0) is 4.79 Å². The normalized spacial score (nSPS) is 15.6. The lowest BCUT2D eigenvalue weighted by Crippen LogP contribution is -2.87. The van der Waals surface area contributed by atoms with Gasteiger partial charge in [-0.05, 0) is 19.1 Å². The predicted molar refractivity (Wildman–Crippen MR) is 103 cm³/mol.